The van der Waals surface area contributed by atoms with Gasteiger partial charge in [0.1, 0.15) is 11.8 Å². The molecule has 3 N–H and O–H groups in total. The lowest BCUT2D eigenvalue weighted by atomic mass is 10.1. The van der Waals surface area contributed by atoms with Gasteiger partial charge in [0.15, 0.2) is 0 Å². The van der Waals surface area contributed by atoms with Crippen LogP contribution in [0.15, 0.2) is 48.5 Å². The Morgan fingerprint density at radius 2 is 1.73 bits per heavy atom. The zero-order chi connectivity index (χ0) is 19.1. The molecule has 0 fully saturated rings. The first-order valence-electron chi connectivity index (χ1n) is 8.48. The summed E-state index contributed by atoms with van der Waals surface area (Å²) in [5.74, 6) is 0.298. The number of amides is 2. The number of carbonyl (C=O) groups excluding carboxylic acids is 2. The molecule has 2 atom stereocenters. The molecule has 0 aromatic heterocycles. The molecule has 6 nitrogen and oxygen atoms in total. The van der Waals surface area contributed by atoms with Gasteiger partial charge in [-0.1, -0.05) is 30.3 Å². The highest BCUT2D eigenvalue weighted by Gasteiger charge is 2.17. The fraction of sp³-hybridized carbons (Fsp3) is 0.300. The van der Waals surface area contributed by atoms with Crippen LogP contribution in [0.5, 0.6) is 5.75 Å². The van der Waals surface area contributed by atoms with Gasteiger partial charge >= 0.3 is 0 Å². The van der Waals surface area contributed by atoms with E-state index in [2.05, 4.69) is 16.0 Å². The van der Waals surface area contributed by atoms with Crippen LogP contribution in [0.25, 0.3) is 0 Å². The Morgan fingerprint density at radius 3 is 2.35 bits per heavy atom. The molecule has 2 aromatic rings. The number of nitrogens with one attached hydrogen (secondary N) is 3. The second-order valence-corrected chi connectivity index (χ2v) is 6.10. The van der Waals surface area contributed by atoms with Crippen LogP contribution < -0.4 is 20.7 Å². The van der Waals surface area contributed by atoms with Crippen molar-refractivity contribution in [1.82, 2.24) is 5.32 Å². The smallest absolute Gasteiger partial charge is 0.242 e. The Bertz CT molecular complexity index is 762. The van der Waals surface area contributed by atoms with Crippen LogP contribution in [0.4, 0.5) is 11.4 Å². The van der Waals surface area contributed by atoms with E-state index in [-0.39, 0.29) is 17.9 Å². The molecule has 138 valence electrons. The zero-order valence-corrected chi connectivity index (χ0v) is 15.5. The third-order valence-electron chi connectivity index (χ3n) is 3.94. The summed E-state index contributed by atoms with van der Waals surface area (Å²) in [4.78, 5) is 23.7. The van der Waals surface area contributed by atoms with Gasteiger partial charge in [-0.3, -0.25) is 9.59 Å². The molecule has 0 aliphatic carbocycles. The van der Waals surface area contributed by atoms with E-state index in [9.17, 15) is 9.59 Å². The van der Waals surface area contributed by atoms with Gasteiger partial charge in [-0.15, -0.1) is 0 Å². The number of methoxy groups -OCH3 is 1. The average molecular weight is 355 g/mol. The van der Waals surface area contributed by atoms with E-state index in [0.717, 1.165) is 5.56 Å². The van der Waals surface area contributed by atoms with Crippen molar-refractivity contribution >= 4 is 23.2 Å². The summed E-state index contributed by atoms with van der Waals surface area (Å²) in [5, 5.41) is 8.85. The van der Waals surface area contributed by atoms with Crippen molar-refractivity contribution < 1.29 is 14.3 Å². The molecule has 0 bridgehead atoms. The first-order chi connectivity index (χ1) is 12.4. The van der Waals surface area contributed by atoms with Crippen molar-refractivity contribution in [2.24, 2.45) is 0 Å². The Kier molecular flexibility index (Phi) is 6.60. The predicted octanol–water partition coefficient (Wildman–Crippen LogP) is 3.33. The van der Waals surface area contributed by atoms with Crippen molar-refractivity contribution in [2.75, 3.05) is 17.7 Å². The predicted molar refractivity (Wildman–Crippen MR) is 103 cm³/mol. The number of hydrogen-bond acceptors (Lipinski definition) is 4. The second-order valence-electron chi connectivity index (χ2n) is 6.10. The fourth-order valence-corrected chi connectivity index (χ4v) is 2.56. The number of anilines is 2. The second kappa shape index (κ2) is 8.89. The highest BCUT2D eigenvalue weighted by Crippen LogP contribution is 2.28. The molecule has 0 heterocycles. The standard InChI is InChI=1S/C20H25N3O3/c1-13(16-8-6-5-7-9-16)22-20(25)14(2)21-18-12-17(23-15(3)24)10-11-19(18)26-4/h5-14,21H,1-4H3,(H,22,25)(H,23,24)/t13-,14+/m1/s1. The molecule has 0 aliphatic rings. The van der Waals surface area contributed by atoms with E-state index in [1.54, 1.807) is 32.2 Å². The normalized spacial score (nSPS) is 12.6. The van der Waals surface area contributed by atoms with Gasteiger partial charge in [0.2, 0.25) is 11.8 Å². The van der Waals surface area contributed by atoms with E-state index in [4.69, 9.17) is 4.74 Å². The van der Waals surface area contributed by atoms with Crippen LogP contribution in [-0.4, -0.2) is 25.0 Å². The highest BCUT2D eigenvalue weighted by atomic mass is 16.5. The Morgan fingerprint density at radius 1 is 1.04 bits per heavy atom. The molecule has 26 heavy (non-hydrogen) atoms. The third-order valence-corrected chi connectivity index (χ3v) is 3.94. The zero-order valence-electron chi connectivity index (χ0n) is 15.5. The lowest BCUT2D eigenvalue weighted by Crippen LogP contribution is -2.38. The maximum atomic E-state index is 12.5. The molecule has 0 saturated carbocycles. The fourth-order valence-electron chi connectivity index (χ4n) is 2.56. The molecule has 2 amide bonds. The Labute approximate surface area is 153 Å². The molecule has 2 aromatic carbocycles. The van der Waals surface area contributed by atoms with Crippen LogP contribution in [0.3, 0.4) is 0 Å². The monoisotopic (exact) mass is 355 g/mol. The molecule has 0 spiro atoms. The number of ether oxygens (including phenoxy) is 1. The summed E-state index contributed by atoms with van der Waals surface area (Å²) in [6.45, 7) is 5.16. The average Bonchev–Trinajstić information content (AvgIpc) is 2.62. The van der Waals surface area contributed by atoms with E-state index in [1.807, 2.05) is 37.3 Å². The molecule has 0 saturated heterocycles. The molecule has 0 radical (unpaired) electrons. The van der Waals surface area contributed by atoms with Crippen molar-refractivity contribution in [3.05, 3.63) is 54.1 Å². The van der Waals surface area contributed by atoms with Crippen LogP contribution in [0.1, 0.15) is 32.4 Å². The van der Waals surface area contributed by atoms with Gasteiger partial charge in [0, 0.05) is 12.6 Å². The molecule has 6 heteroatoms. The summed E-state index contributed by atoms with van der Waals surface area (Å²) in [6.07, 6.45) is 0. The SMILES string of the molecule is COc1ccc(NC(C)=O)cc1N[C@@H](C)C(=O)N[C@H](C)c1ccccc1. The molecule has 0 unspecified atom stereocenters. The summed E-state index contributed by atoms with van der Waals surface area (Å²) in [5.41, 5.74) is 2.30. The van der Waals surface area contributed by atoms with Crippen molar-refractivity contribution in [3.8, 4) is 5.75 Å². The lowest BCUT2D eigenvalue weighted by Gasteiger charge is -2.21. The van der Waals surface area contributed by atoms with Crippen molar-refractivity contribution in [1.29, 1.82) is 0 Å². The summed E-state index contributed by atoms with van der Waals surface area (Å²) in [7, 11) is 1.56. The van der Waals surface area contributed by atoms with Crippen molar-refractivity contribution in [2.45, 2.75) is 32.9 Å². The third kappa shape index (κ3) is 5.24. The maximum Gasteiger partial charge on any atom is 0.242 e. The van der Waals surface area contributed by atoms with E-state index in [0.29, 0.717) is 17.1 Å². The lowest BCUT2D eigenvalue weighted by molar-refractivity contribution is -0.122. The minimum Gasteiger partial charge on any atom is -0.495 e. The van der Waals surface area contributed by atoms with Crippen LogP contribution >= 0.6 is 0 Å². The van der Waals surface area contributed by atoms with Gasteiger partial charge in [0.25, 0.3) is 0 Å². The highest BCUT2D eigenvalue weighted by molar-refractivity contribution is 5.90. The first kappa shape index (κ1) is 19.3. The molecular weight excluding hydrogens is 330 g/mol. The van der Waals surface area contributed by atoms with Crippen LogP contribution in [0.2, 0.25) is 0 Å². The van der Waals surface area contributed by atoms with Gasteiger partial charge in [0.05, 0.1) is 18.8 Å². The minimum atomic E-state index is -0.484. The van der Waals surface area contributed by atoms with Gasteiger partial charge in [-0.25, -0.2) is 0 Å². The van der Waals surface area contributed by atoms with E-state index in [1.165, 1.54) is 6.92 Å². The summed E-state index contributed by atoms with van der Waals surface area (Å²) >= 11 is 0. The van der Waals surface area contributed by atoms with Crippen LogP contribution in [0, 0.1) is 0 Å². The summed E-state index contributed by atoms with van der Waals surface area (Å²) in [6, 6.07) is 14.4. The molecule has 2 rings (SSSR count). The van der Waals surface area contributed by atoms with Crippen LogP contribution in [-0.2, 0) is 9.59 Å². The number of hydrogen-bond donors (Lipinski definition) is 3. The quantitative estimate of drug-likeness (QED) is 0.712. The van der Waals surface area contributed by atoms with Gasteiger partial charge < -0.3 is 20.7 Å². The number of rotatable bonds is 7. The first-order valence-corrected chi connectivity index (χ1v) is 8.48. The summed E-state index contributed by atoms with van der Waals surface area (Å²) < 4.78 is 5.33. The van der Waals surface area contributed by atoms with Crippen molar-refractivity contribution in [3.63, 3.8) is 0 Å². The van der Waals surface area contributed by atoms with E-state index < -0.39 is 6.04 Å². The van der Waals surface area contributed by atoms with E-state index >= 15 is 0 Å². The largest absolute Gasteiger partial charge is 0.495 e. The molecular formula is C20H25N3O3. The molecule has 0 aliphatic heterocycles. The number of benzene rings is 2. The topological polar surface area (TPSA) is 79.5 Å². The maximum absolute atomic E-state index is 12.5. The Balaban J connectivity index is 2.06. The van der Waals surface area contributed by atoms with Gasteiger partial charge in [-0.2, -0.15) is 0 Å². The number of carbonyl (C=O) groups is 2. The van der Waals surface area contributed by atoms with Gasteiger partial charge in [-0.05, 0) is 37.6 Å². The Hall–Kier alpha value is -3.02. The minimum absolute atomic E-state index is 0.0967.